The van der Waals surface area contributed by atoms with Crippen LogP contribution < -0.4 is 0 Å². The summed E-state index contributed by atoms with van der Waals surface area (Å²) in [6.07, 6.45) is 5.40. The molecule has 3 heterocycles. The van der Waals surface area contributed by atoms with E-state index in [1.54, 1.807) is 22.8 Å². The third-order valence-electron chi connectivity index (χ3n) is 3.24. The fourth-order valence-electron chi connectivity index (χ4n) is 2.22. The van der Waals surface area contributed by atoms with Gasteiger partial charge in [0.25, 0.3) is 0 Å². The van der Waals surface area contributed by atoms with Crippen molar-refractivity contribution in [1.29, 1.82) is 0 Å². The molecular weight excluding hydrogens is 262 g/mol. The largest absolute Gasteiger partial charge is 0.465 e. The standard InChI is InChI=1S/C13H15N3O2S/c1-18-13(17)9-5-6-16-11(8-9)14-12(15-16)10-4-2-3-7-19-10/h5-6,8,10H,2-4,7H2,1H3. The number of ether oxygens (including phenoxy) is 1. The summed E-state index contributed by atoms with van der Waals surface area (Å²) in [4.78, 5) is 16.0. The molecule has 19 heavy (non-hydrogen) atoms. The second kappa shape index (κ2) is 5.21. The van der Waals surface area contributed by atoms with Gasteiger partial charge in [0, 0.05) is 6.20 Å². The molecule has 0 N–H and O–H groups in total. The Hall–Kier alpha value is -1.56. The average Bonchev–Trinajstić information content (AvgIpc) is 2.90. The van der Waals surface area contributed by atoms with Crippen molar-refractivity contribution < 1.29 is 9.53 Å². The highest BCUT2D eigenvalue weighted by Gasteiger charge is 2.20. The van der Waals surface area contributed by atoms with Gasteiger partial charge in [0.2, 0.25) is 0 Å². The molecule has 1 fully saturated rings. The van der Waals surface area contributed by atoms with Crippen LogP contribution in [0.1, 0.15) is 40.7 Å². The molecule has 2 aromatic heterocycles. The van der Waals surface area contributed by atoms with Crippen LogP contribution in [0.3, 0.4) is 0 Å². The summed E-state index contributed by atoms with van der Waals surface area (Å²) in [7, 11) is 1.38. The molecule has 1 aliphatic heterocycles. The second-order valence-corrected chi connectivity index (χ2v) is 5.85. The van der Waals surface area contributed by atoms with E-state index in [-0.39, 0.29) is 5.97 Å². The number of hydrogen-bond acceptors (Lipinski definition) is 5. The van der Waals surface area contributed by atoms with Crippen molar-refractivity contribution in [3.05, 3.63) is 29.7 Å². The quantitative estimate of drug-likeness (QED) is 0.789. The molecule has 6 heteroatoms. The average molecular weight is 277 g/mol. The highest BCUT2D eigenvalue weighted by atomic mass is 32.2. The number of methoxy groups -OCH3 is 1. The molecule has 0 saturated carbocycles. The minimum absolute atomic E-state index is 0.348. The molecule has 0 radical (unpaired) electrons. The Balaban J connectivity index is 1.93. The van der Waals surface area contributed by atoms with Crippen molar-refractivity contribution in [3.8, 4) is 0 Å². The Morgan fingerprint density at radius 3 is 3.16 bits per heavy atom. The van der Waals surface area contributed by atoms with Crippen molar-refractivity contribution in [3.63, 3.8) is 0 Å². The van der Waals surface area contributed by atoms with Gasteiger partial charge in [-0.1, -0.05) is 6.42 Å². The van der Waals surface area contributed by atoms with Gasteiger partial charge in [-0.3, -0.25) is 0 Å². The fraction of sp³-hybridized carbons (Fsp3) is 0.462. The fourth-order valence-corrected chi connectivity index (χ4v) is 3.46. The van der Waals surface area contributed by atoms with Crippen molar-refractivity contribution in [2.75, 3.05) is 12.9 Å². The number of esters is 1. The Kier molecular flexibility index (Phi) is 3.42. The van der Waals surface area contributed by atoms with E-state index in [1.165, 1.54) is 25.7 Å². The van der Waals surface area contributed by atoms with Gasteiger partial charge in [0.15, 0.2) is 11.5 Å². The molecule has 1 saturated heterocycles. The van der Waals surface area contributed by atoms with Crippen LogP contribution in [0.4, 0.5) is 0 Å². The summed E-state index contributed by atoms with van der Waals surface area (Å²) >= 11 is 1.92. The van der Waals surface area contributed by atoms with E-state index in [1.807, 2.05) is 11.8 Å². The van der Waals surface area contributed by atoms with Gasteiger partial charge in [-0.05, 0) is 30.7 Å². The molecular formula is C13H15N3O2S. The van der Waals surface area contributed by atoms with Crippen molar-refractivity contribution in [2.45, 2.75) is 24.5 Å². The molecule has 0 spiro atoms. The smallest absolute Gasteiger partial charge is 0.338 e. The first-order valence-electron chi connectivity index (χ1n) is 6.34. The van der Waals surface area contributed by atoms with Crippen LogP contribution in [-0.2, 0) is 4.74 Å². The predicted octanol–water partition coefficient (Wildman–Crippen LogP) is 2.47. The molecule has 1 atom stereocenters. The maximum Gasteiger partial charge on any atom is 0.338 e. The lowest BCUT2D eigenvalue weighted by molar-refractivity contribution is 0.0600. The van der Waals surface area contributed by atoms with Crippen LogP contribution in [0.2, 0.25) is 0 Å². The lowest BCUT2D eigenvalue weighted by atomic mass is 10.2. The van der Waals surface area contributed by atoms with Crippen LogP contribution in [0.5, 0.6) is 0 Å². The molecule has 0 bridgehead atoms. The first-order chi connectivity index (χ1) is 9.28. The zero-order chi connectivity index (χ0) is 13.2. The summed E-state index contributed by atoms with van der Waals surface area (Å²) in [5, 5.41) is 4.88. The molecule has 1 aliphatic rings. The van der Waals surface area contributed by atoms with E-state index in [9.17, 15) is 4.79 Å². The van der Waals surface area contributed by atoms with Crippen molar-refractivity contribution >= 4 is 23.4 Å². The Morgan fingerprint density at radius 2 is 2.42 bits per heavy atom. The number of rotatable bonds is 2. The summed E-state index contributed by atoms with van der Waals surface area (Å²) < 4.78 is 6.43. The minimum atomic E-state index is -0.348. The number of pyridine rings is 1. The minimum Gasteiger partial charge on any atom is -0.465 e. The molecule has 0 aromatic carbocycles. The molecule has 3 rings (SSSR count). The summed E-state index contributed by atoms with van der Waals surface area (Å²) in [5.74, 6) is 1.69. The maximum atomic E-state index is 11.5. The van der Waals surface area contributed by atoms with Crippen LogP contribution in [0, 0.1) is 0 Å². The van der Waals surface area contributed by atoms with Gasteiger partial charge in [0.1, 0.15) is 0 Å². The number of fused-ring (bicyclic) bond motifs is 1. The van der Waals surface area contributed by atoms with E-state index >= 15 is 0 Å². The molecule has 1 unspecified atom stereocenters. The van der Waals surface area contributed by atoms with Crippen LogP contribution in [-0.4, -0.2) is 33.4 Å². The molecule has 0 aliphatic carbocycles. The molecule has 2 aromatic rings. The molecule has 100 valence electrons. The second-order valence-electron chi connectivity index (χ2n) is 4.53. The Labute approximate surface area is 115 Å². The summed E-state index contributed by atoms with van der Waals surface area (Å²) in [6, 6.07) is 3.42. The SMILES string of the molecule is COC(=O)c1ccn2nc(C3CCCCS3)nc2c1. The van der Waals surface area contributed by atoms with Crippen molar-refractivity contribution in [1.82, 2.24) is 14.6 Å². The predicted molar refractivity (Wildman–Crippen MR) is 73.4 cm³/mol. The van der Waals surface area contributed by atoms with E-state index in [2.05, 4.69) is 10.1 Å². The summed E-state index contributed by atoms with van der Waals surface area (Å²) in [6.45, 7) is 0. The van der Waals surface area contributed by atoms with Crippen molar-refractivity contribution in [2.24, 2.45) is 0 Å². The van der Waals surface area contributed by atoms with Gasteiger partial charge >= 0.3 is 5.97 Å². The maximum absolute atomic E-state index is 11.5. The number of carbonyl (C=O) groups excluding carboxylic acids is 1. The van der Waals surface area contributed by atoms with E-state index < -0.39 is 0 Å². The number of nitrogens with zero attached hydrogens (tertiary/aromatic N) is 3. The first kappa shape index (κ1) is 12.5. The van der Waals surface area contributed by atoms with Gasteiger partial charge < -0.3 is 4.74 Å². The number of hydrogen-bond donors (Lipinski definition) is 0. The van der Waals surface area contributed by atoms with E-state index in [0.717, 1.165) is 12.2 Å². The van der Waals surface area contributed by atoms with Crippen LogP contribution in [0.15, 0.2) is 18.3 Å². The number of carbonyl (C=O) groups is 1. The van der Waals surface area contributed by atoms with E-state index in [0.29, 0.717) is 16.5 Å². The topological polar surface area (TPSA) is 56.5 Å². The number of thioether (sulfide) groups is 1. The normalized spacial score (nSPS) is 19.5. The van der Waals surface area contributed by atoms with E-state index in [4.69, 9.17) is 4.74 Å². The third kappa shape index (κ3) is 2.45. The third-order valence-corrected chi connectivity index (χ3v) is 4.62. The first-order valence-corrected chi connectivity index (χ1v) is 7.39. The Bertz CT molecular complexity index is 605. The molecule has 5 nitrogen and oxygen atoms in total. The highest BCUT2D eigenvalue weighted by molar-refractivity contribution is 7.99. The lowest BCUT2D eigenvalue weighted by Gasteiger charge is -2.17. The summed E-state index contributed by atoms with van der Waals surface area (Å²) in [5.41, 5.74) is 1.20. The van der Waals surface area contributed by atoms with Gasteiger partial charge in [-0.25, -0.2) is 14.3 Å². The number of aromatic nitrogens is 3. The lowest BCUT2D eigenvalue weighted by Crippen LogP contribution is -2.04. The van der Waals surface area contributed by atoms with Gasteiger partial charge in [-0.2, -0.15) is 16.9 Å². The highest BCUT2D eigenvalue weighted by Crippen LogP contribution is 2.36. The van der Waals surface area contributed by atoms with Crippen LogP contribution in [0.25, 0.3) is 5.65 Å². The van der Waals surface area contributed by atoms with Gasteiger partial charge in [-0.15, -0.1) is 0 Å². The Morgan fingerprint density at radius 1 is 1.53 bits per heavy atom. The zero-order valence-electron chi connectivity index (χ0n) is 10.7. The van der Waals surface area contributed by atoms with Crippen LogP contribution >= 0.6 is 11.8 Å². The zero-order valence-corrected chi connectivity index (χ0v) is 11.5. The van der Waals surface area contributed by atoms with Gasteiger partial charge in [0.05, 0.1) is 17.9 Å². The molecule has 0 amide bonds. The monoisotopic (exact) mass is 277 g/mol.